The lowest BCUT2D eigenvalue weighted by Crippen LogP contribution is -2.23. The highest BCUT2D eigenvalue weighted by Crippen LogP contribution is 2.30. The van der Waals surface area contributed by atoms with Crippen LogP contribution in [0.25, 0.3) is 0 Å². The van der Waals surface area contributed by atoms with Crippen molar-refractivity contribution in [3.05, 3.63) is 28.8 Å². The van der Waals surface area contributed by atoms with Crippen LogP contribution in [0.15, 0.2) is 12.1 Å². The number of rotatable bonds is 4. The molecule has 102 valence electrons. The normalized spacial score (nSPS) is 13.5. The van der Waals surface area contributed by atoms with Gasteiger partial charge in [-0.1, -0.05) is 6.07 Å². The Balaban J connectivity index is 2.94. The van der Waals surface area contributed by atoms with Crippen molar-refractivity contribution in [3.63, 3.8) is 0 Å². The summed E-state index contributed by atoms with van der Waals surface area (Å²) < 4.78 is 11.0. The summed E-state index contributed by atoms with van der Waals surface area (Å²) >= 11 is 0. The van der Waals surface area contributed by atoms with Crippen LogP contribution in [-0.2, 0) is 4.74 Å². The third-order valence-corrected chi connectivity index (χ3v) is 2.72. The van der Waals surface area contributed by atoms with Gasteiger partial charge >= 0.3 is 0 Å². The molecule has 0 aliphatic carbocycles. The molecule has 1 unspecified atom stereocenters. The number of methoxy groups -OCH3 is 1. The summed E-state index contributed by atoms with van der Waals surface area (Å²) in [5.41, 5.74) is 2.70. The fraction of sp³-hybridized carbons (Fsp3) is 0.600. The van der Waals surface area contributed by atoms with E-state index in [-0.39, 0.29) is 12.2 Å². The Labute approximate surface area is 110 Å². The number of aryl methyl sites for hydroxylation is 2. The van der Waals surface area contributed by atoms with Gasteiger partial charge in [0.1, 0.15) is 11.9 Å². The SMILES string of the molecule is COc1cc(C)cc(C)c1C(O)COC(C)(C)C. The molecular formula is C15H24O3. The number of aliphatic hydroxyl groups is 1. The molecule has 0 spiro atoms. The second-order valence-corrected chi connectivity index (χ2v) is 5.64. The van der Waals surface area contributed by atoms with Gasteiger partial charge in [0.05, 0.1) is 19.3 Å². The van der Waals surface area contributed by atoms with Gasteiger partial charge in [-0.25, -0.2) is 0 Å². The first-order valence-electron chi connectivity index (χ1n) is 6.21. The molecule has 0 saturated heterocycles. The van der Waals surface area contributed by atoms with Gasteiger partial charge < -0.3 is 14.6 Å². The van der Waals surface area contributed by atoms with E-state index >= 15 is 0 Å². The van der Waals surface area contributed by atoms with E-state index in [9.17, 15) is 5.11 Å². The Hall–Kier alpha value is -1.06. The number of hydrogen-bond acceptors (Lipinski definition) is 3. The average molecular weight is 252 g/mol. The Kier molecular flexibility index (Phi) is 4.77. The molecule has 0 radical (unpaired) electrons. The van der Waals surface area contributed by atoms with Crippen molar-refractivity contribution in [2.75, 3.05) is 13.7 Å². The van der Waals surface area contributed by atoms with Gasteiger partial charge in [-0.15, -0.1) is 0 Å². The summed E-state index contributed by atoms with van der Waals surface area (Å²) in [5.74, 6) is 0.720. The lowest BCUT2D eigenvalue weighted by molar-refractivity contribution is -0.0502. The van der Waals surface area contributed by atoms with Crippen molar-refractivity contribution in [1.82, 2.24) is 0 Å². The molecule has 0 amide bonds. The molecule has 0 bridgehead atoms. The number of aliphatic hydroxyl groups excluding tert-OH is 1. The molecule has 0 aromatic heterocycles. The molecule has 3 heteroatoms. The monoisotopic (exact) mass is 252 g/mol. The molecule has 0 saturated carbocycles. The molecule has 0 heterocycles. The number of benzene rings is 1. The number of hydrogen-bond donors (Lipinski definition) is 1. The van der Waals surface area contributed by atoms with Crippen LogP contribution in [-0.4, -0.2) is 24.4 Å². The van der Waals surface area contributed by atoms with E-state index in [1.54, 1.807) is 7.11 Å². The third kappa shape index (κ3) is 4.00. The topological polar surface area (TPSA) is 38.7 Å². The fourth-order valence-corrected chi connectivity index (χ4v) is 1.95. The molecule has 1 aromatic carbocycles. The van der Waals surface area contributed by atoms with E-state index in [0.29, 0.717) is 0 Å². The first-order chi connectivity index (χ1) is 8.24. The van der Waals surface area contributed by atoms with Gasteiger partial charge in [-0.2, -0.15) is 0 Å². The average Bonchev–Trinajstić information content (AvgIpc) is 2.23. The van der Waals surface area contributed by atoms with E-state index in [1.807, 2.05) is 46.8 Å². The van der Waals surface area contributed by atoms with E-state index in [2.05, 4.69) is 0 Å². The third-order valence-electron chi connectivity index (χ3n) is 2.72. The standard InChI is InChI=1S/C15H24O3/c1-10-7-11(2)14(13(8-10)17-6)12(16)9-18-15(3,4)5/h7-8,12,16H,9H2,1-6H3. The van der Waals surface area contributed by atoms with Crippen molar-refractivity contribution in [3.8, 4) is 5.75 Å². The molecule has 0 aliphatic rings. The van der Waals surface area contributed by atoms with Crippen LogP contribution in [0.1, 0.15) is 43.6 Å². The van der Waals surface area contributed by atoms with E-state index < -0.39 is 6.10 Å². The molecule has 1 atom stereocenters. The molecular weight excluding hydrogens is 228 g/mol. The molecule has 0 fully saturated rings. The van der Waals surface area contributed by atoms with Crippen LogP contribution in [0.4, 0.5) is 0 Å². The summed E-state index contributed by atoms with van der Waals surface area (Å²) in [6, 6.07) is 3.97. The van der Waals surface area contributed by atoms with E-state index in [1.165, 1.54) is 0 Å². The van der Waals surface area contributed by atoms with Crippen LogP contribution < -0.4 is 4.74 Å². The zero-order valence-corrected chi connectivity index (χ0v) is 12.2. The van der Waals surface area contributed by atoms with Gasteiger partial charge in [-0.05, 0) is 51.8 Å². The maximum atomic E-state index is 10.3. The van der Waals surface area contributed by atoms with Crippen LogP contribution in [0.3, 0.4) is 0 Å². The Morgan fingerprint density at radius 3 is 2.33 bits per heavy atom. The van der Waals surface area contributed by atoms with Gasteiger partial charge in [0, 0.05) is 5.56 Å². The Morgan fingerprint density at radius 1 is 1.22 bits per heavy atom. The zero-order valence-electron chi connectivity index (χ0n) is 12.2. The first-order valence-corrected chi connectivity index (χ1v) is 6.21. The Bertz CT molecular complexity index is 405. The van der Waals surface area contributed by atoms with Gasteiger partial charge in [0.25, 0.3) is 0 Å². The van der Waals surface area contributed by atoms with Crippen molar-refractivity contribution < 1.29 is 14.6 Å². The lowest BCUT2D eigenvalue weighted by Gasteiger charge is -2.24. The summed E-state index contributed by atoms with van der Waals surface area (Å²) in [6.07, 6.45) is -0.667. The fourth-order valence-electron chi connectivity index (χ4n) is 1.95. The maximum Gasteiger partial charge on any atom is 0.125 e. The summed E-state index contributed by atoms with van der Waals surface area (Å²) in [5, 5.41) is 10.3. The molecule has 3 nitrogen and oxygen atoms in total. The lowest BCUT2D eigenvalue weighted by atomic mass is 10.00. The van der Waals surface area contributed by atoms with Crippen molar-refractivity contribution >= 4 is 0 Å². The summed E-state index contributed by atoms with van der Waals surface area (Å²) in [4.78, 5) is 0. The quantitative estimate of drug-likeness (QED) is 0.894. The van der Waals surface area contributed by atoms with Crippen LogP contribution in [0.2, 0.25) is 0 Å². The highest BCUT2D eigenvalue weighted by Gasteiger charge is 2.20. The predicted octanol–water partition coefficient (Wildman–Crippen LogP) is 3.16. The molecule has 18 heavy (non-hydrogen) atoms. The minimum absolute atomic E-state index is 0.257. The van der Waals surface area contributed by atoms with Crippen molar-refractivity contribution in [1.29, 1.82) is 0 Å². The maximum absolute atomic E-state index is 10.3. The summed E-state index contributed by atoms with van der Waals surface area (Å²) in [7, 11) is 1.62. The largest absolute Gasteiger partial charge is 0.496 e. The summed E-state index contributed by atoms with van der Waals surface area (Å²) in [6.45, 7) is 10.2. The van der Waals surface area contributed by atoms with E-state index in [0.717, 1.165) is 22.4 Å². The molecule has 1 N–H and O–H groups in total. The van der Waals surface area contributed by atoms with E-state index in [4.69, 9.17) is 9.47 Å². The second kappa shape index (κ2) is 5.72. The molecule has 1 rings (SSSR count). The van der Waals surface area contributed by atoms with Crippen LogP contribution in [0.5, 0.6) is 5.75 Å². The highest BCUT2D eigenvalue weighted by atomic mass is 16.5. The van der Waals surface area contributed by atoms with Gasteiger partial charge in [0.2, 0.25) is 0 Å². The van der Waals surface area contributed by atoms with Crippen molar-refractivity contribution in [2.45, 2.75) is 46.3 Å². The number of ether oxygens (including phenoxy) is 2. The Morgan fingerprint density at radius 2 is 1.83 bits per heavy atom. The minimum atomic E-state index is -0.667. The highest BCUT2D eigenvalue weighted by molar-refractivity contribution is 5.44. The van der Waals surface area contributed by atoms with Crippen molar-refractivity contribution in [2.24, 2.45) is 0 Å². The van der Waals surface area contributed by atoms with Gasteiger partial charge in [0.15, 0.2) is 0 Å². The second-order valence-electron chi connectivity index (χ2n) is 5.64. The molecule has 1 aromatic rings. The van der Waals surface area contributed by atoms with Crippen LogP contribution >= 0.6 is 0 Å². The smallest absolute Gasteiger partial charge is 0.125 e. The van der Waals surface area contributed by atoms with Crippen LogP contribution in [0, 0.1) is 13.8 Å². The first kappa shape index (κ1) is 15.0. The molecule has 0 aliphatic heterocycles. The minimum Gasteiger partial charge on any atom is -0.496 e. The zero-order chi connectivity index (χ0) is 13.9. The predicted molar refractivity (Wildman–Crippen MR) is 73.1 cm³/mol. The van der Waals surface area contributed by atoms with Gasteiger partial charge in [-0.3, -0.25) is 0 Å².